The van der Waals surface area contributed by atoms with Gasteiger partial charge in [-0.2, -0.15) is 0 Å². The Bertz CT molecular complexity index is 711. The van der Waals surface area contributed by atoms with Crippen LogP contribution >= 0.6 is 0 Å². The summed E-state index contributed by atoms with van der Waals surface area (Å²) >= 11 is 0. The normalized spacial score (nSPS) is 11.5. The van der Waals surface area contributed by atoms with Crippen molar-refractivity contribution < 1.29 is 23.9 Å². The Hall–Kier alpha value is -2.57. The van der Waals surface area contributed by atoms with E-state index in [1.807, 2.05) is 30.3 Å². The molecule has 0 aliphatic heterocycles. The lowest BCUT2D eigenvalue weighted by Gasteiger charge is -2.16. The smallest absolute Gasteiger partial charge is 0.408 e. The summed E-state index contributed by atoms with van der Waals surface area (Å²) in [7, 11) is 1.29. The van der Waals surface area contributed by atoms with Gasteiger partial charge in [0, 0.05) is 13.0 Å². The van der Waals surface area contributed by atoms with Crippen molar-refractivity contribution in [3.8, 4) is 0 Å². The van der Waals surface area contributed by atoms with Gasteiger partial charge in [0.25, 0.3) is 0 Å². The SMILES string of the molecule is CCCCCCCCCCCCCC(=O)NCCCC[C@H](NC(=O)OCc1ccccc1)C(=O)OC. The van der Waals surface area contributed by atoms with Crippen molar-refractivity contribution in [3.63, 3.8) is 0 Å². The number of hydrogen-bond acceptors (Lipinski definition) is 5. The first-order valence-corrected chi connectivity index (χ1v) is 13.9. The lowest BCUT2D eigenvalue weighted by molar-refractivity contribution is -0.143. The highest BCUT2D eigenvalue weighted by Crippen LogP contribution is 2.12. The molecule has 0 aliphatic carbocycles. The summed E-state index contributed by atoms with van der Waals surface area (Å²) in [6.45, 7) is 2.94. The maximum Gasteiger partial charge on any atom is 0.408 e. The second-order valence-corrected chi connectivity index (χ2v) is 9.41. The van der Waals surface area contributed by atoms with Crippen LogP contribution in [-0.4, -0.2) is 37.7 Å². The van der Waals surface area contributed by atoms with Gasteiger partial charge in [-0.1, -0.05) is 101 Å². The molecule has 1 aromatic carbocycles. The fourth-order valence-electron chi connectivity index (χ4n) is 4.04. The summed E-state index contributed by atoms with van der Waals surface area (Å²) in [5, 5.41) is 5.53. The highest BCUT2D eigenvalue weighted by atomic mass is 16.6. The molecule has 0 heterocycles. The number of nitrogens with one attached hydrogen (secondary N) is 2. The Kier molecular flexibility index (Phi) is 19.0. The Morgan fingerprint density at radius 3 is 2.03 bits per heavy atom. The first kappa shape index (κ1) is 31.5. The minimum absolute atomic E-state index is 0.0815. The molecule has 0 spiro atoms. The van der Waals surface area contributed by atoms with Crippen molar-refractivity contribution >= 4 is 18.0 Å². The molecule has 0 bridgehead atoms. The average molecular weight is 505 g/mol. The quantitative estimate of drug-likeness (QED) is 0.148. The van der Waals surface area contributed by atoms with Gasteiger partial charge in [0.05, 0.1) is 7.11 Å². The van der Waals surface area contributed by atoms with Crippen molar-refractivity contribution in [3.05, 3.63) is 35.9 Å². The van der Waals surface area contributed by atoms with E-state index in [1.54, 1.807) is 0 Å². The van der Waals surface area contributed by atoms with Crippen molar-refractivity contribution in [1.29, 1.82) is 0 Å². The number of amides is 2. The summed E-state index contributed by atoms with van der Waals surface area (Å²) in [5.74, 6) is -0.426. The zero-order valence-corrected chi connectivity index (χ0v) is 22.5. The van der Waals surface area contributed by atoms with Gasteiger partial charge in [-0.05, 0) is 31.2 Å². The van der Waals surface area contributed by atoms with Crippen LogP contribution in [0.25, 0.3) is 0 Å². The minimum Gasteiger partial charge on any atom is -0.467 e. The van der Waals surface area contributed by atoms with E-state index < -0.39 is 18.1 Å². The molecule has 2 amide bonds. The van der Waals surface area contributed by atoms with Crippen LogP contribution in [0, 0.1) is 0 Å². The molecule has 0 fully saturated rings. The molecule has 36 heavy (non-hydrogen) atoms. The van der Waals surface area contributed by atoms with E-state index in [4.69, 9.17) is 9.47 Å². The molecule has 1 rings (SSSR count). The molecule has 0 saturated carbocycles. The molecule has 0 aliphatic rings. The molecule has 1 atom stereocenters. The van der Waals surface area contributed by atoms with E-state index in [0.29, 0.717) is 25.8 Å². The van der Waals surface area contributed by atoms with Crippen molar-refractivity contribution in [2.45, 2.75) is 116 Å². The number of unbranched alkanes of at least 4 members (excludes halogenated alkanes) is 11. The van der Waals surface area contributed by atoms with Crippen LogP contribution in [0.3, 0.4) is 0 Å². The summed E-state index contributed by atoms with van der Waals surface area (Å²) in [6.07, 6.45) is 15.6. The fraction of sp³-hybridized carbons (Fsp3) is 0.690. The average Bonchev–Trinajstić information content (AvgIpc) is 2.89. The van der Waals surface area contributed by atoms with E-state index >= 15 is 0 Å². The number of methoxy groups -OCH3 is 1. The second kappa shape index (κ2) is 21.7. The number of carbonyl (C=O) groups is 3. The zero-order chi connectivity index (χ0) is 26.3. The number of benzene rings is 1. The van der Waals surface area contributed by atoms with Crippen LogP contribution in [0.1, 0.15) is 109 Å². The third-order valence-corrected chi connectivity index (χ3v) is 6.24. The van der Waals surface area contributed by atoms with Gasteiger partial charge in [0.1, 0.15) is 12.6 Å². The predicted molar refractivity (Wildman–Crippen MR) is 144 cm³/mol. The molecule has 204 valence electrons. The summed E-state index contributed by atoms with van der Waals surface area (Å²) < 4.78 is 9.99. The van der Waals surface area contributed by atoms with Gasteiger partial charge in [0.15, 0.2) is 0 Å². The molecular weight excluding hydrogens is 456 g/mol. The zero-order valence-electron chi connectivity index (χ0n) is 22.5. The number of ether oxygens (including phenoxy) is 2. The molecule has 7 nitrogen and oxygen atoms in total. The lowest BCUT2D eigenvalue weighted by atomic mass is 10.1. The standard InChI is InChI=1S/C29H48N2O5/c1-3-4-5-6-7-8-9-10-11-12-16-22-27(32)30-23-18-17-21-26(28(33)35-2)31-29(34)36-24-25-19-14-13-15-20-25/h13-15,19-20,26H,3-12,16-18,21-24H2,1-2H3,(H,30,32)(H,31,34)/t26-/m0/s1. The Labute approximate surface area is 218 Å². The van der Waals surface area contributed by atoms with Gasteiger partial charge in [-0.3, -0.25) is 4.79 Å². The molecular formula is C29H48N2O5. The second-order valence-electron chi connectivity index (χ2n) is 9.41. The monoisotopic (exact) mass is 504 g/mol. The van der Waals surface area contributed by atoms with Gasteiger partial charge >= 0.3 is 12.1 Å². The number of hydrogen-bond donors (Lipinski definition) is 2. The Morgan fingerprint density at radius 2 is 1.42 bits per heavy atom. The summed E-state index contributed by atoms with van der Waals surface area (Å²) in [6, 6.07) is 8.56. The van der Waals surface area contributed by atoms with E-state index in [2.05, 4.69) is 17.6 Å². The first-order chi connectivity index (χ1) is 17.6. The van der Waals surface area contributed by atoms with Crippen LogP contribution in [0.2, 0.25) is 0 Å². The molecule has 0 unspecified atom stereocenters. The molecule has 0 saturated heterocycles. The highest BCUT2D eigenvalue weighted by molar-refractivity contribution is 5.81. The van der Waals surface area contributed by atoms with Crippen LogP contribution in [0.5, 0.6) is 0 Å². The number of alkyl carbamates (subject to hydrolysis) is 1. The summed E-state index contributed by atoms with van der Waals surface area (Å²) in [4.78, 5) is 36.1. The number of rotatable bonds is 21. The molecule has 7 heteroatoms. The van der Waals surface area contributed by atoms with Crippen LogP contribution in [0.15, 0.2) is 30.3 Å². The highest BCUT2D eigenvalue weighted by Gasteiger charge is 2.21. The van der Waals surface area contributed by atoms with Gasteiger partial charge in [0.2, 0.25) is 5.91 Å². The maximum absolute atomic E-state index is 12.1. The fourth-order valence-corrected chi connectivity index (χ4v) is 4.04. The first-order valence-electron chi connectivity index (χ1n) is 13.9. The third kappa shape index (κ3) is 17.0. The van der Waals surface area contributed by atoms with Gasteiger partial charge in [-0.15, -0.1) is 0 Å². The molecule has 1 aromatic rings. The Morgan fingerprint density at radius 1 is 0.806 bits per heavy atom. The number of carbonyl (C=O) groups excluding carboxylic acids is 3. The van der Waals surface area contributed by atoms with Gasteiger partial charge < -0.3 is 20.1 Å². The van der Waals surface area contributed by atoms with Crippen molar-refractivity contribution in [2.75, 3.05) is 13.7 Å². The maximum atomic E-state index is 12.1. The van der Waals surface area contributed by atoms with E-state index in [1.165, 1.54) is 64.9 Å². The van der Waals surface area contributed by atoms with E-state index in [0.717, 1.165) is 24.8 Å². The van der Waals surface area contributed by atoms with Crippen LogP contribution in [-0.2, 0) is 25.7 Å². The van der Waals surface area contributed by atoms with Crippen LogP contribution < -0.4 is 10.6 Å². The molecule has 2 N–H and O–H groups in total. The molecule has 0 aromatic heterocycles. The number of esters is 1. The summed E-state index contributed by atoms with van der Waals surface area (Å²) in [5.41, 5.74) is 0.867. The van der Waals surface area contributed by atoms with E-state index in [9.17, 15) is 14.4 Å². The molecule has 0 radical (unpaired) electrons. The lowest BCUT2D eigenvalue weighted by Crippen LogP contribution is -2.41. The van der Waals surface area contributed by atoms with Crippen molar-refractivity contribution in [2.24, 2.45) is 0 Å². The predicted octanol–water partition coefficient (Wildman–Crippen LogP) is 6.44. The third-order valence-electron chi connectivity index (χ3n) is 6.24. The largest absolute Gasteiger partial charge is 0.467 e. The van der Waals surface area contributed by atoms with Crippen LogP contribution in [0.4, 0.5) is 4.79 Å². The van der Waals surface area contributed by atoms with E-state index in [-0.39, 0.29) is 12.5 Å². The topological polar surface area (TPSA) is 93.7 Å². The van der Waals surface area contributed by atoms with Gasteiger partial charge in [-0.25, -0.2) is 9.59 Å². The van der Waals surface area contributed by atoms with Crippen molar-refractivity contribution in [1.82, 2.24) is 10.6 Å². The minimum atomic E-state index is -0.773. The Balaban J connectivity index is 2.06.